The average molecular weight is 398 g/mol. The highest BCUT2D eigenvalue weighted by Crippen LogP contribution is 2.24. The maximum Gasteiger partial charge on any atom is 0.272 e. The van der Waals surface area contributed by atoms with Crippen molar-refractivity contribution in [2.24, 2.45) is 5.10 Å². The van der Waals surface area contributed by atoms with Crippen LogP contribution >= 0.6 is 11.3 Å². The Hall–Kier alpha value is -3.46. The van der Waals surface area contributed by atoms with Gasteiger partial charge in [0, 0.05) is 28.1 Å². The van der Waals surface area contributed by atoms with Gasteiger partial charge in [-0.25, -0.2) is 14.8 Å². The van der Waals surface area contributed by atoms with Crippen LogP contribution in [0.15, 0.2) is 52.9 Å². The summed E-state index contributed by atoms with van der Waals surface area (Å²) in [5.74, 6) is -0.689. The van der Waals surface area contributed by atoms with E-state index < -0.39 is 4.92 Å². The molecule has 1 heterocycles. The van der Waals surface area contributed by atoms with Crippen LogP contribution in [-0.2, 0) is 11.2 Å². The lowest BCUT2D eigenvalue weighted by Gasteiger charge is -1.99. The van der Waals surface area contributed by atoms with Crippen molar-refractivity contribution in [2.75, 3.05) is 0 Å². The molecule has 0 atom stereocenters. The lowest BCUT2D eigenvalue weighted by Crippen LogP contribution is -2.19. The average Bonchev–Trinajstić information content (AvgIpc) is 3.11. The molecule has 1 N–H and O–H groups in total. The molecule has 0 saturated heterocycles. The Morgan fingerprint density at radius 3 is 2.79 bits per heavy atom. The van der Waals surface area contributed by atoms with Gasteiger partial charge in [0.05, 0.1) is 23.3 Å². The molecule has 1 aromatic heterocycles. The van der Waals surface area contributed by atoms with Gasteiger partial charge in [-0.05, 0) is 31.2 Å². The number of thiazole rings is 1. The van der Waals surface area contributed by atoms with E-state index >= 15 is 0 Å². The number of rotatable bonds is 6. The monoisotopic (exact) mass is 398 g/mol. The SMILES string of the molecule is Cc1ccc(/C=N\NC(=O)Cc2csc(-c3ccc(F)cc3)n2)cc1[N+](=O)[O-]. The molecule has 2 aromatic carbocycles. The number of benzene rings is 2. The number of aryl methyl sites for hydroxylation is 1. The molecule has 28 heavy (non-hydrogen) atoms. The number of halogens is 1. The van der Waals surface area contributed by atoms with Crippen molar-refractivity contribution in [1.82, 2.24) is 10.4 Å². The van der Waals surface area contributed by atoms with E-state index in [1.54, 1.807) is 36.6 Å². The van der Waals surface area contributed by atoms with Gasteiger partial charge in [0.15, 0.2) is 0 Å². The summed E-state index contributed by atoms with van der Waals surface area (Å²) in [6.45, 7) is 1.65. The molecule has 0 aliphatic rings. The fraction of sp³-hybridized carbons (Fsp3) is 0.105. The Bertz CT molecular complexity index is 1050. The molecular weight excluding hydrogens is 383 g/mol. The summed E-state index contributed by atoms with van der Waals surface area (Å²) in [5, 5.41) is 17.2. The van der Waals surface area contributed by atoms with E-state index in [0.29, 0.717) is 21.8 Å². The van der Waals surface area contributed by atoms with Crippen molar-refractivity contribution in [3.8, 4) is 10.6 Å². The molecule has 3 aromatic rings. The minimum atomic E-state index is -0.466. The normalized spacial score (nSPS) is 10.9. The zero-order chi connectivity index (χ0) is 20.1. The number of nitrogens with one attached hydrogen (secondary N) is 1. The van der Waals surface area contributed by atoms with E-state index in [0.717, 1.165) is 5.56 Å². The number of amides is 1. The Labute approximate surface area is 163 Å². The number of nitro groups is 1. The number of hydrazone groups is 1. The second-order valence-electron chi connectivity index (χ2n) is 5.92. The van der Waals surface area contributed by atoms with Crippen LogP contribution in [0.5, 0.6) is 0 Å². The summed E-state index contributed by atoms with van der Waals surface area (Å²) in [7, 11) is 0. The van der Waals surface area contributed by atoms with Crippen molar-refractivity contribution in [2.45, 2.75) is 13.3 Å². The third kappa shape index (κ3) is 4.83. The van der Waals surface area contributed by atoms with Gasteiger partial charge in [-0.1, -0.05) is 12.1 Å². The van der Waals surface area contributed by atoms with Crippen LogP contribution in [0.3, 0.4) is 0 Å². The summed E-state index contributed by atoms with van der Waals surface area (Å²) in [6.07, 6.45) is 1.37. The van der Waals surface area contributed by atoms with Gasteiger partial charge in [0.1, 0.15) is 10.8 Å². The van der Waals surface area contributed by atoms with E-state index in [1.165, 1.54) is 35.8 Å². The number of carbonyl (C=O) groups excluding carboxylic acids is 1. The highest BCUT2D eigenvalue weighted by atomic mass is 32.1. The van der Waals surface area contributed by atoms with E-state index in [2.05, 4.69) is 15.5 Å². The number of nitrogens with zero attached hydrogens (tertiary/aromatic N) is 3. The van der Waals surface area contributed by atoms with Crippen LogP contribution in [0.4, 0.5) is 10.1 Å². The minimum absolute atomic E-state index is 0.00827. The Morgan fingerprint density at radius 2 is 2.07 bits per heavy atom. The molecule has 0 unspecified atom stereocenters. The maximum absolute atomic E-state index is 13.0. The van der Waals surface area contributed by atoms with Gasteiger partial charge in [-0.15, -0.1) is 11.3 Å². The number of carbonyl (C=O) groups is 1. The zero-order valence-electron chi connectivity index (χ0n) is 14.8. The number of nitro benzene ring substituents is 1. The summed E-state index contributed by atoms with van der Waals surface area (Å²) in [5.41, 5.74) is 4.77. The lowest BCUT2D eigenvalue weighted by atomic mass is 10.1. The van der Waals surface area contributed by atoms with E-state index in [4.69, 9.17) is 0 Å². The first-order chi connectivity index (χ1) is 13.4. The highest BCUT2D eigenvalue weighted by Gasteiger charge is 2.11. The molecule has 1 amide bonds. The molecule has 142 valence electrons. The van der Waals surface area contributed by atoms with Crippen LogP contribution in [0.1, 0.15) is 16.8 Å². The van der Waals surface area contributed by atoms with Gasteiger partial charge < -0.3 is 0 Å². The molecule has 0 bridgehead atoms. The zero-order valence-corrected chi connectivity index (χ0v) is 15.6. The Kier molecular flexibility index (Phi) is 5.85. The lowest BCUT2D eigenvalue weighted by molar-refractivity contribution is -0.385. The molecule has 0 fully saturated rings. The van der Waals surface area contributed by atoms with Gasteiger partial charge in [-0.3, -0.25) is 14.9 Å². The number of aromatic nitrogens is 1. The van der Waals surface area contributed by atoms with Crippen molar-refractivity contribution < 1.29 is 14.1 Å². The topological polar surface area (TPSA) is 97.5 Å². The maximum atomic E-state index is 13.0. The molecule has 0 radical (unpaired) electrons. The molecule has 0 saturated carbocycles. The molecule has 9 heteroatoms. The smallest absolute Gasteiger partial charge is 0.272 e. The third-order valence-electron chi connectivity index (χ3n) is 3.82. The first-order valence-electron chi connectivity index (χ1n) is 8.19. The number of hydrogen-bond acceptors (Lipinski definition) is 6. The van der Waals surface area contributed by atoms with E-state index in [9.17, 15) is 19.3 Å². The molecule has 3 rings (SSSR count). The fourth-order valence-electron chi connectivity index (χ4n) is 2.40. The van der Waals surface area contributed by atoms with Crippen molar-refractivity contribution in [3.05, 3.63) is 80.6 Å². The van der Waals surface area contributed by atoms with Crippen molar-refractivity contribution in [1.29, 1.82) is 0 Å². The Morgan fingerprint density at radius 1 is 1.32 bits per heavy atom. The Balaban J connectivity index is 1.59. The van der Waals surface area contributed by atoms with E-state index in [1.807, 2.05) is 0 Å². The van der Waals surface area contributed by atoms with Crippen LogP contribution in [0.2, 0.25) is 0 Å². The summed E-state index contributed by atoms with van der Waals surface area (Å²) in [4.78, 5) is 26.9. The van der Waals surface area contributed by atoms with Crippen LogP contribution in [-0.4, -0.2) is 22.0 Å². The van der Waals surface area contributed by atoms with Crippen LogP contribution in [0, 0.1) is 22.9 Å². The van der Waals surface area contributed by atoms with Gasteiger partial charge in [0.2, 0.25) is 5.91 Å². The third-order valence-corrected chi connectivity index (χ3v) is 4.76. The summed E-state index contributed by atoms with van der Waals surface area (Å²) >= 11 is 1.36. The van der Waals surface area contributed by atoms with Crippen molar-refractivity contribution in [3.63, 3.8) is 0 Å². The standard InChI is InChI=1S/C19H15FN4O3S/c1-12-2-3-13(8-17(12)24(26)27)10-21-23-18(25)9-16-11-28-19(22-16)14-4-6-15(20)7-5-14/h2-8,10-11H,9H2,1H3,(H,23,25)/b21-10-. The first kappa shape index (κ1) is 19.3. The van der Waals surface area contributed by atoms with Gasteiger partial charge in [0.25, 0.3) is 5.69 Å². The second kappa shape index (κ2) is 8.49. The van der Waals surface area contributed by atoms with Gasteiger partial charge >= 0.3 is 0 Å². The minimum Gasteiger partial charge on any atom is -0.273 e. The van der Waals surface area contributed by atoms with E-state index in [-0.39, 0.29) is 23.8 Å². The molecule has 0 spiro atoms. The molecule has 0 aliphatic carbocycles. The molecule has 0 aliphatic heterocycles. The summed E-state index contributed by atoms with van der Waals surface area (Å²) < 4.78 is 13.0. The largest absolute Gasteiger partial charge is 0.273 e. The predicted octanol–water partition coefficient (Wildman–Crippen LogP) is 3.86. The molecular formula is C19H15FN4O3S. The quantitative estimate of drug-likeness (QED) is 0.387. The highest BCUT2D eigenvalue weighted by molar-refractivity contribution is 7.13. The summed E-state index contributed by atoms with van der Waals surface area (Å²) in [6, 6.07) is 10.6. The van der Waals surface area contributed by atoms with Gasteiger partial charge in [-0.2, -0.15) is 5.10 Å². The molecule has 7 nitrogen and oxygen atoms in total. The number of hydrogen-bond donors (Lipinski definition) is 1. The fourth-order valence-corrected chi connectivity index (χ4v) is 3.23. The predicted molar refractivity (Wildman–Crippen MR) is 105 cm³/mol. The van der Waals surface area contributed by atoms with Crippen LogP contribution in [0.25, 0.3) is 10.6 Å². The van der Waals surface area contributed by atoms with Crippen LogP contribution < -0.4 is 5.43 Å². The van der Waals surface area contributed by atoms with Crippen molar-refractivity contribution >= 4 is 29.1 Å². The first-order valence-corrected chi connectivity index (χ1v) is 9.07. The second-order valence-corrected chi connectivity index (χ2v) is 6.78.